The number of rotatable bonds is 11. The molecule has 0 N–H and O–H groups in total. The molecule has 0 aromatic heterocycles. The minimum Gasteiger partial charge on any atom is -0.490 e. The van der Waals surface area contributed by atoms with E-state index >= 15 is 0 Å². The molecule has 3 aromatic rings. The van der Waals surface area contributed by atoms with E-state index in [1.807, 2.05) is 13.8 Å². The molecular formula is C37H52N2O. The van der Waals surface area contributed by atoms with Crippen LogP contribution in [0, 0.1) is 6.92 Å². The first-order chi connectivity index (χ1) is 19.7. The van der Waals surface area contributed by atoms with E-state index in [4.69, 9.17) is 4.74 Å². The van der Waals surface area contributed by atoms with Crippen LogP contribution in [0.2, 0.25) is 0 Å². The second-order valence-corrected chi connectivity index (χ2v) is 11.5. The number of ether oxygens (including phenoxy) is 1. The summed E-state index contributed by atoms with van der Waals surface area (Å²) >= 11 is 0. The molecule has 0 aliphatic carbocycles. The van der Waals surface area contributed by atoms with E-state index < -0.39 is 0 Å². The molecule has 2 fully saturated rings. The first-order valence-electron chi connectivity index (χ1n) is 16.1. The largest absolute Gasteiger partial charge is 0.490 e. The maximum Gasteiger partial charge on any atom is 0.122 e. The molecule has 40 heavy (non-hydrogen) atoms. The summed E-state index contributed by atoms with van der Waals surface area (Å²) in [6, 6.07) is 28.8. The highest BCUT2D eigenvalue weighted by Crippen LogP contribution is 2.29. The molecule has 0 spiro atoms. The Morgan fingerprint density at radius 2 is 1.35 bits per heavy atom. The number of piperidine rings is 2. The molecule has 3 nitrogen and oxygen atoms in total. The van der Waals surface area contributed by atoms with Gasteiger partial charge in [0.25, 0.3) is 0 Å². The van der Waals surface area contributed by atoms with Crippen molar-refractivity contribution in [3.8, 4) is 5.75 Å². The zero-order valence-electron chi connectivity index (χ0n) is 25.4. The van der Waals surface area contributed by atoms with Crippen LogP contribution in [0.1, 0.15) is 87.0 Å². The van der Waals surface area contributed by atoms with Crippen LogP contribution in [0.5, 0.6) is 5.75 Å². The van der Waals surface area contributed by atoms with Gasteiger partial charge in [0.05, 0.1) is 0 Å². The van der Waals surface area contributed by atoms with Gasteiger partial charge in [-0.2, -0.15) is 0 Å². The molecule has 2 saturated heterocycles. The number of hydrogen-bond acceptors (Lipinski definition) is 3. The minimum absolute atomic E-state index is 0.312. The van der Waals surface area contributed by atoms with Crippen LogP contribution in [0.4, 0.5) is 0 Å². The van der Waals surface area contributed by atoms with E-state index in [0.29, 0.717) is 12.0 Å². The predicted octanol–water partition coefficient (Wildman–Crippen LogP) is 8.51. The summed E-state index contributed by atoms with van der Waals surface area (Å²) in [6.07, 6.45) is 10.5. The molecule has 2 aliphatic rings. The number of unbranched alkanes of at least 4 members (excludes halogenated alkanes) is 1. The van der Waals surface area contributed by atoms with Gasteiger partial charge in [0.1, 0.15) is 11.9 Å². The lowest BCUT2D eigenvalue weighted by Crippen LogP contribution is -2.40. The number of likely N-dealkylation sites (tertiary alicyclic amines) is 2. The van der Waals surface area contributed by atoms with E-state index in [1.54, 1.807) is 0 Å². The molecule has 0 saturated carbocycles. The van der Waals surface area contributed by atoms with Crippen molar-refractivity contribution in [3.63, 3.8) is 0 Å². The van der Waals surface area contributed by atoms with Gasteiger partial charge in [-0.05, 0) is 99.8 Å². The summed E-state index contributed by atoms with van der Waals surface area (Å²) < 4.78 is 6.54. The van der Waals surface area contributed by atoms with Gasteiger partial charge in [-0.3, -0.25) is 0 Å². The summed E-state index contributed by atoms with van der Waals surface area (Å²) in [5.41, 5.74) is 5.55. The third-order valence-electron chi connectivity index (χ3n) is 8.55. The molecule has 3 heteroatoms. The lowest BCUT2D eigenvalue weighted by atomic mass is 9.90. The molecule has 0 radical (unpaired) electrons. The SMILES string of the molecule is CC.Cc1cc(CCCCN2CCCCC2)ccc1OC1CCN(CC(c2ccccc2)c2ccccc2)CC1. The average molecular weight is 541 g/mol. The molecule has 216 valence electrons. The zero-order valence-corrected chi connectivity index (χ0v) is 25.4. The predicted molar refractivity (Wildman–Crippen MR) is 171 cm³/mol. The second-order valence-electron chi connectivity index (χ2n) is 11.5. The molecule has 3 aromatic carbocycles. The first kappa shape index (κ1) is 30.3. The lowest BCUT2D eigenvalue weighted by Gasteiger charge is -2.35. The van der Waals surface area contributed by atoms with Crippen LogP contribution >= 0.6 is 0 Å². The van der Waals surface area contributed by atoms with Gasteiger partial charge in [-0.15, -0.1) is 0 Å². The third-order valence-corrected chi connectivity index (χ3v) is 8.55. The topological polar surface area (TPSA) is 15.7 Å². The number of hydrogen-bond donors (Lipinski definition) is 0. The molecule has 0 unspecified atom stereocenters. The smallest absolute Gasteiger partial charge is 0.122 e. The summed E-state index contributed by atoms with van der Waals surface area (Å²) in [4.78, 5) is 5.28. The van der Waals surface area contributed by atoms with Crippen molar-refractivity contribution in [1.82, 2.24) is 9.80 Å². The van der Waals surface area contributed by atoms with Gasteiger partial charge in [-0.1, -0.05) is 93.1 Å². The lowest BCUT2D eigenvalue weighted by molar-refractivity contribution is 0.0982. The summed E-state index contributed by atoms with van der Waals surface area (Å²) in [5, 5.41) is 0. The highest BCUT2D eigenvalue weighted by atomic mass is 16.5. The first-order valence-corrected chi connectivity index (χ1v) is 16.1. The summed E-state index contributed by atoms with van der Waals surface area (Å²) in [7, 11) is 0. The van der Waals surface area contributed by atoms with Crippen molar-refractivity contribution in [1.29, 1.82) is 0 Å². The van der Waals surface area contributed by atoms with Crippen molar-refractivity contribution in [3.05, 3.63) is 101 Å². The van der Waals surface area contributed by atoms with Crippen LogP contribution in [0.3, 0.4) is 0 Å². The van der Waals surface area contributed by atoms with Crippen molar-refractivity contribution < 1.29 is 4.74 Å². The maximum atomic E-state index is 6.54. The second kappa shape index (κ2) is 16.6. The minimum atomic E-state index is 0.312. The molecular weight excluding hydrogens is 488 g/mol. The Labute approximate surface area is 244 Å². The van der Waals surface area contributed by atoms with Crippen molar-refractivity contribution in [2.24, 2.45) is 0 Å². The Morgan fingerprint density at radius 1 is 0.725 bits per heavy atom. The molecule has 0 amide bonds. The van der Waals surface area contributed by atoms with Gasteiger partial charge in [0, 0.05) is 25.6 Å². The standard InChI is InChI=1S/C35H46N2O.C2H6/c1-29-27-30(13-9-12-24-36-22-10-4-11-23-36)18-19-35(29)38-33-20-25-37(26-21-33)28-34(31-14-5-2-6-15-31)32-16-7-3-8-17-32;1-2/h2-3,5-8,14-19,27,33-34H,4,9-13,20-26,28H2,1H3;1-2H3. The Morgan fingerprint density at radius 3 is 1.95 bits per heavy atom. The molecule has 0 bridgehead atoms. The van der Waals surface area contributed by atoms with E-state index in [1.165, 1.54) is 80.4 Å². The van der Waals surface area contributed by atoms with Gasteiger partial charge in [-0.25, -0.2) is 0 Å². The Hall–Kier alpha value is -2.62. The van der Waals surface area contributed by atoms with Gasteiger partial charge in [0.15, 0.2) is 0 Å². The Bertz CT molecular complexity index is 1050. The summed E-state index contributed by atoms with van der Waals surface area (Å²) in [5.74, 6) is 1.48. The third kappa shape index (κ3) is 9.21. The normalized spacial score (nSPS) is 16.9. The van der Waals surface area contributed by atoms with Gasteiger partial charge >= 0.3 is 0 Å². The number of benzene rings is 3. The maximum absolute atomic E-state index is 6.54. The van der Waals surface area contributed by atoms with Crippen molar-refractivity contribution in [2.75, 3.05) is 39.3 Å². The average Bonchev–Trinajstić information content (AvgIpc) is 3.02. The van der Waals surface area contributed by atoms with Gasteiger partial charge < -0.3 is 14.5 Å². The highest BCUT2D eigenvalue weighted by Gasteiger charge is 2.24. The number of nitrogens with zero attached hydrogens (tertiary/aromatic N) is 2. The van der Waals surface area contributed by atoms with Crippen LogP contribution in [0.25, 0.3) is 0 Å². The van der Waals surface area contributed by atoms with E-state index in [-0.39, 0.29) is 0 Å². The van der Waals surface area contributed by atoms with Crippen LogP contribution in [0.15, 0.2) is 78.9 Å². The summed E-state index contributed by atoms with van der Waals surface area (Å²) in [6.45, 7) is 13.4. The fourth-order valence-electron chi connectivity index (χ4n) is 6.27. The van der Waals surface area contributed by atoms with Crippen LogP contribution in [-0.4, -0.2) is 55.2 Å². The molecule has 2 aliphatic heterocycles. The van der Waals surface area contributed by atoms with Crippen LogP contribution < -0.4 is 4.74 Å². The Kier molecular flexibility index (Phi) is 12.6. The van der Waals surface area contributed by atoms with Crippen molar-refractivity contribution >= 4 is 0 Å². The number of aryl methyl sites for hydroxylation is 2. The van der Waals surface area contributed by atoms with Gasteiger partial charge in [0.2, 0.25) is 0 Å². The molecule has 5 rings (SSSR count). The highest BCUT2D eigenvalue weighted by molar-refractivity contribution is 5.36. The Balaban J connectivity index is 0.00000181. The van der Waals surface area contributed by atoms with E-state index in [0.717, 1.165) is 38.2 Å². The van der Waals surface area contributed by atoms with E-state index in [9.17, 15) is 0 Å². The van der Waals surface area contributed by atoms with Crippen LogP contribution in [-0.2, 0) is 6.42 Å². The fourth-order valence-corrected chi connectivity index (χ4v) is 6.27. The fraction of sp³-hybridized carbons (Fsp3) is 0.514. The molecule has 2 heterocycles. The monoisotopic (exact) mass is 540 g/mol. The van der Waals surface area contributed by atoms with Crippen molar-refractivity contribution in [2.45, 2.75) is 84.2 Å². The molecule has 0 atom stereocenters. The zero-order chi connectivity index (χ0) is 28.0. The van der Waals surface area contributed by atoms with E-state index in [2.05, 4.69) is 95.6 Å². The quantitative estimate of drug-likeness (QED) is 0.227.